The highest BCUT2D eigenvalue weighted by Gasteiger charge is 2.27. The highest BCUT2D eigenvalue weighted by molar-refractivity contribution is 7.99. The molecule has 0 radical (unpaired) electrons. The number of thioether (sulfide) groups is 1. The molecular weight excluding hydrogens is 496 g/mol. The number of Topliss-reactive ketones (excluding diaryl/α,β-unsaturated/α-hetero) is 1. The van der Waals surface area contributed by atoms with Gasteiger partial charge in [0, 0.05) is 6.42 Å². The topological polar surface area (TPSA) is 88.4 Å². The predicted molar refractivity (Wildman–Crippen MR) is 153 cm³/mol. The number of hydrogen-bond acceptors (Lipinski definition) is 5. The Morgan fingerprint density at radius 2 is 1.53 bits per heavy atom. The zero-order chi connectivity index (χ0) is 27.2. The van der Waals surface area contributed by atoms with Crippen LogP contribution in [-0.2, 0) is 33.0 Å². The first-order valence-corrected chi connectivity index (χ1v) is 14.4. The summed E-state index contributed by atoms with van der Waals surface area (Å²) in [7, 11) is 0. The first-order chi connectivity index (χ1) is 18.4. The lowest BCUT2D eigenvalue weighted by atomic mass is 9.99. The molecule has 2 amide bonds. The molecule has 3 aromatic rings. The highest BCUT2D eigenvalue weighted by Crippen LogP contribution is 2.15. The molecule has 38 heavy (non-hydrogen) atoms. The van der Waals surface area contributed by atoms with Gasteiger partial charge >= 0.3 is 0 Å². The first-order valence-electron chi connectivity index (χ1n) is 13.2. The van der Waals surface area contributed by atoms with Crippen LogP contribution >= 0.6 is 11.8 Å². The molecule has 2 atom stereocenters. The van der Waals surface area contributed by atoms with Crippen LogP contribution in [0.2, 0.25) is 0 Å². The van der Waals surface area contributed by atoms with E-state index < -0.39 is 12.1 Å². The van der Waals surface area contributed by atoms with Crippen molar-refractivity contribution in [2.45, 2.75) is 63.8 Å². The quantitative estimate of drug-likeness (QED) is 0.258. The number of rotatable bonds is 16. The molecule has 0 fully saturated rings. The first kappa shape index (κ1) is 29.2. The molecule has 0 saturated heterocycles. The molecule has 0 aliphatic rings. The minimum atomic E-state index is -0.693. The minimum Gasteiger partial charge on any atom is -0.468 e. The van der Waals surface area contributed by atoms with Gasteiger partial charge in [0.15, 0.2) is 5.78 Å². The lowest BCUT2D eigenvalue weighted by Gasteiger charge is -2.24. The zero-order valence-corrected chi connectivity index (χ0v) is 23.0. The molecule has 0 spiro atoms. The fraction of sp³-hybridized carbons (Fsp3) is 0.387. The molecule has 0 aliphatic carbocycles. The maximum atomic E-state index is 13.4. The number of benzene rings is 2. The van der Waals surface area contributed by atoms with Gasteiger partial charge in [-0.25, -0.2) is 0 Å². The Bertz CT molecular complexity index is 1120. The maximum absolute atomic E-state index is 13.4. The van der Waals surface area contributed by atoms with Gasteiger partial charge in [0.1, 0.15) is 11.8 Å². The second-order valence-corrected chi connectivity index (χ2v) is 10.9. The SMILES string of the molecule is CC(C)CC(NC(=O)CCCc1ccccc1)C(=O)NC(Cc1ccccc1)C(=O)CSCc1ccco1. The van der Waals surface area contributed by atoms with Crippen molar-refractivity contribution < 1.29 is 18.8 Å². The van der Waals surface area contributed by atoms with E-state index >= 15 is 0 Å². The molecule has 1 aromatic heterocycles. The van der Waals surface area contributed by atoms with Gasteiger partial charge in [-0.2, -0.15) is 0 Å². The number of aryl methyl sites for hydroxylation is 1. The van der Waals surface area contributed by atoms with Crippen molar-refractivity contribution >= 4 is 29.4 Å². The second kappa shape index (κ2) is 15.8. The van der Waals surface area contributed by atoms with E-state index in [9.17, 15) is 14.4 Å². The Morgan fingerprint density at radius 1 is 0.842 bits per heavy atom. The van der Waals surface area contributed by atoms with Crippen molar-refractivity contribution in [3.8, 4) is 0 Å². The minimum absolute atomic E-state index is 0.0590. The Labute approximate surface area is 230 Å². The summed E-state index contributed by atoms with van der Waals surface area (Å²) >= 11 is 1.46. The molecule has 0 aliphatic heterocycles. The van der Waals surface area contributed by atoms with E-state index in [-0.39, 0.29) is 29.3 Å². The molecule has 6 nitrogen and oxygen atoms in total. The van der Waals surface area contributed by atoms with Crippen LogP contribution in [-0.4, -0.2) is 35.4 Å². The van der Waals surface area contributed by atoms with E-state index in [1.54, 1.807) is 6.26 Å². The standard InChI is InChI=1S/C31H38N2O4S/c1-23(2)19-28(32-30(35)17-9-15-24-11-5-3-6-12-24)31(36)33-27(20-25-13-7-4-8-14-25)29(34)22-38-21-26-16-10-18-37-26/h3-8,10-14,16,18,23,27-28H,9,15,17,19-22H2,1-2H3,(H,32,35)(H,33,36). The van der Waals surface area contributed by atoms with Crippen LogP contribution in [0.1, 0.15) is 50.0 Å². The maximum Gasteiger partial charge on any atom is 0.243 e. The van der Waals surface area contributed by atoms with Gasteiger partial charge in [0.25, 0.3) is 0 Å². The average molecular weight is 535 g/mol. The molecule has 0 bridgehead atoms. The van der Waals surface area contributed by atoms with Crippen LogP contribution in [0.4, 0.5) is 0 Å². The van der Waals surface area contributed by atoms with E-state index in [1.807, 2.05) is 86.6 Å². The molecule has 0 saturated carbocycles. The van der Waals surface area contributed by atoms with Crippen LogP contribution in [0, 0.1) is 5.92 Å². The van der Waals surface area contributed by atoms with Crippen LogP contribution in [0.15, 0.2) is 83.5 Å². The lowest BCUT2D eigenvalue weighted by Crippen LogP contribution is -2.53. The average Bonchev–Trinajstić information content (AvgIpc) is 3.42. The number of amides is 2. The number of nitrogens with one attached hydrogen (secondary N) is 2. The second-order valence-electron chi connectivity index (χ2n) is 9.88. The van der Waals surface area contributed by atoms with Crippen LogP contribution < -0.4 is 10.6 Å². The molecule has 7 heteroatoms. The monoisotopic (exact) mass is 534 g/mol. The third kappa shape index (κ3) is 10.6. The summed E-state index contributed by atoms with van der Waals surface area (Å²) < 4.78 is 5.35. The zero-order valence-electron chi connectivity index (χ0n) is 22.2. The van der Waals surface area contributed by atoms with Gasteiger partial charge in [-0.3, -0.25) is 14.4 Å². The molecular formula is C31H38N2O4S. The van der Waals surface area contributed by atoms with Crippen LogP contribution in [0.25, 0.3) is 0 Å². The van der Waals surface area contributed by atoms with Crippen molar-refractivity contribution in [1.82, 2.24) is 10.6 Å². The summed E-state index contributed by atoms with van der Waals surface area (Å²) in [4.78, 5) is 39.3. The number of furan rings is 1. The summed E-state index contributed by atoms with van der Waals surface area (Å²) in [6, 6.07) is 22.0. The Hall–Kier alpha value is -3.32. The lowest BCUT2D eigenvalue weighted by molar-refractivity contribution is -0.131. The largest absolute Gasteiger partial charge is 0.468 e. The predicted octanol–water partition coefficient (Wildman–Crippen LogP) is 5.36. The summed E-state index contributed by atoms with van der Waals surface area (Å²) in [6.07, 6.45) is 4.35. The van der Waals surface area contributed by atoms with Gasteiger partial charge in [0.2, 0.25) is 11.8 Å². The van der Waals surface area contributed by atoms with Crippen molar-refractivity contribution in [1.29, 1.82) is 0 Å². The smallest absolute Gasteiger partial charge is 0.243 e. The number of carbonyl (C=O) groups excluding carboxylic acids is 3. The molecule has 2 aromatic carbocycles. The third-order valence-electron chi connectivity index (χ3n) is 6.13. The van der Waals surface area contributed by atoms with E-state index in [0.29, 0.717) is 31.4 Å². The molecule has 1 heterocycles. The fourth-order valence-corrected chi connectivity index (χ4v) is 5.05. The van der Waals surface area contributed by atoms with Crippen molar-refractivity contribution in [2.24, 2.45) is 5.92 Å². The summed E-state index contributed by atoms with van der Waals surface area (Å²) in [5.74, 6) is 1.30. The van der Waals surface area contributed by atoms with E-state index in [4.69, 9.17) is 4.42 Å². The molecule has 2 N–H and O–H groups in total. The summed E-state index contributed by atoms with van der Waals surface area (Å²) in [5, 5.41) is 5.89. The number of carbonyl (C=O) groups is 3. The molecule has 2 unspecified atom stereocenters. The Balaban J connectivity index is 1.60. The molecule has 202 valence electrons. The molecule has 3 rings (SSSR count). The Kier molecular flexibility index (Phi) is 12.2. The van der Waals surface area contributed by atoms with Crippen LogP contribution in [0.5, 0.6) is 0 Å². The van der Waals surface area contributed by atoms with E-state index in [0.717, 1.165) is 17.7 Å². The van der Waals surface area contributed by atoms with Crippen molar-refractivity contribution in [3.63, 3.8) is 0 Å². The fourth-order valence-electron chi connectivity index (χ4n) is 4.18. The van der Waals surface area contributed by atoms with Gasteiger partial charge in [-0.05, 0) is 54.9 Å². The summed E-state index contributed by atoms with van der Waals surface area (Å²) in [5.41, 5.74) is 2.15. The normalized spacial score (nSPS) is 12.6. The van der Waals surface area contributed by atoms with Crippen molar-refractivity contribution in [3.05, 3.63) is 95.9 Å². The van der Waals surface area contributed by atoms with Gasteiger partial charge < -0.3 is 15.1 Å². The van der Waals surface area contributed by atoms with Crippen molar-refractivity contribution in [2.75, 3.05) is 5.75 Å². The Morgan fingerprint density at radius 3 is 2.16 bits per heavy atom. The summed E-state index contributed by atoms with van der Waals surface area (Å²) in [6.45, 7) is 4.03. The highest BCUT2D eigenvalue weighted by atomic mass is 32.2. The van der Waals surface area contributed by atoms with Crippen LogP contribution in [0.3, 0.4) is 0 Å². The van der Waals surface area contributed by atoms with Gasteiger partial charge in [-0.1, -0.05) is 74.5 Å². The number of hydrogen-bond donors (Lipinski definition) is 2. The van der Waals surface area contributed by atoms with Gasteiger partial charge in [-0.15, -0.1) is 11.8 Å². The van der Waals surface area contributed by atoms with E-state index in [1.165, 1.54) is 17.3 Å². The number of ketones is 1. The third-order valence-corrected chi connectivity index (χ3v) is 7.10. The van der Waals surface area contributed by atoms with E-state index in [2.05, 4.69) is 10.6 Å². The van der Waals surface area contributed by atoms with Gasteiger partial charge in [0.05, 0.1) is 23.8 Å².